The van der Waals surface area contributed by atoms with Gasteiger partial charge >= 0.3 is 0 Å². The summed E-state index contributed by atoms with van der Waals surface area (Å²) in [5.74, 6) is 0.309. The number of oxazole rings is 1. The van der Waals surface area contributed by atoms with Gasteiger partial charge in [-0.2, -0.15) is 5.11 Å². The molecule has 0 spiro atoms. The highest BCUT2D eigenvalue weighted by Gasteiger charge is 2.54. The van der Waals surface area contributed by atoms with Gasteiger partial charge in [-0.3, -0.25) is 14.6 Å². The van der Waals surface area contributed by atoms with Gasteiger partial charge in [-0.25, -0.2) is 9.88 Å². The number of imide groups is 1. The van der Waals surface area contributed by atoms with Gasteiger partial charge in [0.25, 0.3) is 11.8 Å². The predicted octanol–water partition coefficient (Wildman–Crippen LogP) is 3.80. The smallest absolute Gasteiger partial charge is 0.263 e. The summed E-state index contributed by atoms with van der Waals surface area (Å²) >= 11 is 6.03. The lowest BCUT2D eigenvalue weighted by Gasteiger charge is -2.20. The number of anilines is 1. The number of aryl methyl sites for hydroxylation is 1. The van der Waals surface area contributed by atoms with Crippen molar-refractivity contribution in [3.05, 3.63) is 71.1 Å². The van der Waals surface area contributed by atoms with Crippen molar-refractivity contribution in [1.82, 2.24) is 9.99 Å². The highest BCUT2D eigenvalue weighted by atomic mass is 35.5. The molecule has 0 saturated carbocycles. The van der Waals surface area contributed by atoms with Crippen LogP contribution in [0.2, 0.25) is 5.02 Å². The third-order valence-corrected chi connectivity index (χ3v) is 5.38. The molecule has 2 amide bonds. The Morgan fingerprint density at radius 3 is 2.63 bits per heavy atom. The number of rotatable bonds is 4. The molecular formula is C21H16ClN5O3. The summed E-state index contributed by atoms with van der Waals surface area (Å²) in [7, 11) is 0. The van der Waals surface area contributed by atoms with E-state index in [0.717, 1.165) is 10.5 Å². The minimum absolute atomic E-state index is 0.204. The monoisotopic (exact) mass is 421 g/mol. The quantitative estimate of drug-likeness (QED) is 0.597. The van der Waals surface area contributed by atoms with E-state index >= 15 is 0 Å². The Labute approximate surface area is 176 Å². The first-order valence-electron chi connectivity index (χ1n) is 9.35. The lowest BCUT2D eigenvalue weighted by Crippen LogP contribution is -2.39. The Bertz CT molecular complexity index is 1180. The van der Waals surface area contributed by atoms with Crippen molar-refractivity contribution in [3.8, 4) is 11.5 Å². The summed E-state index contributed by atoms with van der Waals surface area (Å²) in [6.45, 7) is 2.01. The molecule has 1 fully saturated rings. The van der Waals surface area contributed by atoms with Crippen LogP contribution in [-0.2, 0) is 16.1 Å². The molecule has 30 heavy (non-hydrogen) atoms. The summed E-state index contributed by atoms with van der Waals surface area (Å²) in [6, 6.07) is 14.5. The van der Waals surface area contributed by atoms with E-state index < -0.39 is 18.0 Å². The van der Waals surface area contributed by atoms with Crippen LogP contribution >= 0.6 is 11.6 Å². The third kappa shape index (κ3) is 2.96. The largest absolute Gasteiger partial charge is 0.441 e. The average molecular weight is 422 g/mol. The number of carbonyl (C=O) groups is 2. The van der Waals surface area contributed by atoms with E-state index in [0.29, 0.717) is 28.1 Å². The summed E-state index contributed by atoms with van der Waals surface area (Å²) in [4.78, 5) is 31.6. The SMILES string of the molecule is Cc1oc(-c2ccccc2)nc1CN1N=N[C@@H]2C(=O)N(c3cccc(Cl)c3)C(=O)[C@@H]21. The van der Waals surface area contributed by atoms with E-state index in [2.05, 4.69) is 15.3 Å². The molecule has 2 aromatic carbocycles. The molecule has 5 rings (SSSR count). The predicted molar refractivity (Wildman–Crippen MR) is 109 cm³/mol. The fraction of sp³-hybridized carbons (Fsp3) is 0.190. The molecule has 3 aromatic rings. The molecule has 0 unspecified atom stereocenters. The second-order valence-electron chi connectivity index (χ2n) is 7.07. The highest BCUT2D eigenvalue weighted by Crippen LogP contribution is 2.34. The number of benzene rings is 2. The van der Waals surface area contributed by atoms with Crippen LogP contribution in [0.1, 0.15) is 11.5 Å². The van der Waals surface area contributed by atoms with Gasteiger partial charge in [-0.1, -0.05) is 41.1 Å². The van der Waals surface area contributed by atoms with Crippen molar-refractivity contribution < 1.29 is 14.0 Å². The molecule has 0 N–H and O–H groups in total. The molecule has 9 heteroatoms. The van der Waals surface area contributed by atoms with Crippen LogP contribution in [0, 0.1) is 6.92 Å². The number of carbonyl (C=O) groups excluding carboxylic acids is 2. The van der Waals surface area contributed by atoms with Crippen molar-refractivity contribution in [1.29, 1.82) is 0 Å². The number of aromatic nitrogens is 1. The first-order chi connectivity index (χ1) is 14.5. The van der Waals surface area contributed by atoms with Crippen molar-refractivity contribution in [3.63, 3.8) is 0 Å². The van der Waals surface area contributed by atoms with Crippen molar-refractivity contribution in [2.45, 2.75) is 25.6 Å². The molecule has 1 saturated heterocycles. The number of hydrogen-bond donors (Lipinski definition) is 0. The zero-order valence-electron chi connectivity index (χ0n) is 15.9. The van der Waals surface area contributed by atoms with Crippen LogP contribution in [0.15, 0.2) is 69.4 Å². The van der Waals surface area contributed by atoms with Crippen LogP contribution in [-0.4, -0.2) is 33.9 Å². The third-order valence-electron chi connectivity index (χ3n) is 5.15. The minimum Gasteiger partial charge on any atom is -0.441 e. The van der Waals surface area contributed by atoms with Gasteiger partial charge in [0.05, 0.1) is 12.2 Å². The van der Waals surface area contributed by atoms with Crippen molar-refractivity contribution in [2.24, 2.45) is 10.3 Å². The molecule has 0 bridgehead atoms. The Morgan fingerprint density at radius 2 is 1.87 bits per heavy atom. The molecular weight excluding hydrogens is 406 g/mol. The molecule has 2 aliphatic rings. The summed E-state index contributed by atoms with van der Waals surface area (Å²) in [5, 5.41) is 10.0. The molecule has 8 nitrogen and oxygen atoms in total. The fourth-order valence-electron chi connectivity index (χ4n) is 3.66. The van der Waals surface area contributed by atoms with E-state index in [1.54, 1.807) is 31.2 Å². The van der Waals surface area contributed by atoms with Gasteiger partial charge < -0.3 is 4.42 Å². The van der Waals surface area contributed by atoms with E-state index in [1.165, 1.54) is 5.01 Å². The molecule has 150 valence electrons. The number of hydrogen-bond acceptors (Lipinski definition) is 7. The van der Waals surface area contributed by atoms with Gasteiger partial charge in [0.2, 0.25) is 5.89 Å². The Morgan fingerprint density at radius 1 is 1.07 bits per heavy atom. The van der Waals surface area contributed by atoms with Gasteiger partial charge in [0.1, 0.15) is 11.5 Å². The second kappa shape index (κ2) is 7.07. The molecule has 2 aliphatic heterocycles. The maximum absolute atomic E-state index is 13.1. The Kier molecular flexibility index (Phi) is 4.36. The molecule has 0 radical (unpaired) electrons. The van der Waals surface area contributed by atoms with Gasteiger partial charge in [0, 0.05) is 10.6 Å². The van der Waals surface area contributed by atoms with Gasteiger partial charge in [-0.05, 0) is 37.3 Å². The Hall–Kier alpha value is -3.52. The first-order valence-corrected chi connectivity index (χ1v) is 9.73. The van der Waals surface area contributed by atoms with E-state index in [9.17, 15) is 9.59 Å². The lowest BCUT2D eigenvalue weighted by molar-refractivity contribution is -0.123. The number of fused-ring (bicyclic) bond motifs is 1. The number of nitrogens with zero attached hydrogens (tertiary/aromatic N) is 5. The second-order valence-corrected chi connectivity index (χ2v) is 7.51. The fourth-order valence-corrected chi connectivity index (χ4v) is 3.84. The molecule has 0 aliphatic carbocycles. The Balaban J connectivity index is 1.41. The summed E-state index contributed by atoms with van der Waals surface area (Å²) < 4.78 is 5.79. The topological polar surface area (TPSA) is 91.4 Å². The molecule has 2 atom stereocenters. The van der Waals surface area contributed by atoms with Crippen LogP contribution in [0.4, 0.5) is 5.69 Å². The van der Waals surface area contributed by atoms with Gasteiger partial charge in [0.15, 0.2) is 12.1 Å². The van der Waals surface area contributed by atoms with Crippen LogP contribution in [0.3, 0.4) is 0 Å². The molecule has 3 heterocycles. The maximum Gasteiger partial charge on any atom is 0.263 e. The maximum atomic E-state index is 13.1. The van der Waals surface area contributed by atoms with E-state index in [4.69, 9.17) is 16.0 Å². The highest BCUT2D eigenvalue weighted by molar-refractivity contribution is 6.31. The summed E-state index contributed by atoms with van der Waals surface area (Å²) in [5.41, 5.74) is 1.91. The zero-order valence-corrected chi connectivity index (χ0v) is 16.7. The van der Waals surface area contributed by atoms with E-state index in [1.807, 2.05) is 30.3 Å². The van der Waals surface area contributed by atoms with Crippen LogP contribution < -0.4 is 4.90 Å². The lowest BCUT2D eigenvalue weighted by atomic mass is 10.1. The first kappa shape index (κ1) is 18.5. The number of amides is 2. The average Bonchev–Trinajstić information content (AvgIpc) is 3.39. The van der Waals surface area contributed by atoms with Gasteiger partial charge in [-0.15, -0.1) is 0 Å². The standard InChI is InChI=1S/C21H16ClN5O3/c1-12-16(23-19(30-12)13-6-3-2-4-7-13)11-26-18-17(24-25-26)20(28)27(21(18)29)15-9-5-8-14(22)10-15/h2-10,17-18H,11H2,1H3/t17-,18+/m0/s1. The summed E-state index contributed by atoms with van der Waals surface area (Å²) in [6.07, 6.45) is 0. The van der Waals surface area contributed by atoms with Crippen molar-refractivity contribution >= 4 is 29.1 Å². The van der Waals surface area contributed by atoms with Crippen molar-refractivity contribution in [2.75, 3.05) is 4.90 Å². The molecule has 1 aromatic heterocycles. The van der Waals surface area contributed by atoms with E-state index in [-0.39, 0.29) is 12.5 Å². The number of halogens is 1. The minimum atomic E-state index is -0.878. The van der Waals surface area contributed by atoms with Crippen LogP contribution in [0.5, 0.6) is 0 Å². The van der Waals surface area contributed by atoms with Crippen LogP contribution in [0.25, 0.3) is 11.5 Å². The normalized spacial score (nSPS) is 20.3. The zero-order chi connectivity index (χ0) is 20.8.